The summed E-state index contributed by atoms with van der Waals surface area (Å²) in [5.41, 5.74) is 5.88. The molecule has 0 saturated carbocycles. The van der Waals surface area contributed by atoms with E-state index < -0.39 is 0 Å². The number of morpholine rings is 1. The van der Waals surface area contributed by atoms with Crippen LogP contribution < -0.4 is 5.73 Å². The monoisotopic (exact) mass is 213 g/mol. The number of rotatable bonds is 3. The lowest BCUT2D eigenvalue weighted by Crippen LogP contribution is -2.45. The molecule has 0 radical (unpaired) electrons. The van der Waals surface area contributed by atoms with Crippen molar-refractivity contribution in [3.8, 4) is 0 Å². The van der Waals surface area contributed by atoms with Gasteiger partial charge in [-0.2, -0.15) is 0 Å². The van der Waals surface area contributed by atoms with Crippen LogP contribution in [-0.4, -0.2) is 68.3 Å². The highest BCUT2D eigenvalue weighted by molar-refractivity contribution is 4.75. The Hall–Kier alpha value is -0.160. The van der Waals surface area contributed by atoms with E-state index in [1.54, 1.807) is 0 Å². The highest BCUT2D eigenvalue weighted by atomic mass is 16.5. The third-order valence-electron chi connectivity index (χ3n) is 3.47. The van der Waals surface area contributed by atoms with Gasteiger partial charge in [-0.05, 0) is 25.9 Å². The lowest BCUT2D eigenvalue weighted by Gasteiger charge is -2.33. The molecule has 2 aliphatic rings. The lowest BCUT2D eigenvalue weighted by molar-refractivity contribution is 0.0321. The van der Waals surface area contributed by atoms with Gasteiger partial charge in [0.2, 0.25) is 0 Å². The zero-order chi connectivity index (χ0) is 10.5. The van der Waals surface area contributed by atoms with Gasteiger partial charge in [0.15, 0.2) is 0 Å². The Labute approximate surface area is 92.4 Å². The fraction of sp³-hybridized carbons (Fsp3) is 1.00. The summed E-state index contributed by atoms with van der Waals surface area (Å²) in [6, 6.07) is 0.449. The molecule has 2 fully saturated rings. The number of hydrogen-bond acceptors (Lipinski definition) is 4. The van der Waals surface area contributed by atoms with Gasteiger partial charge in [-0.25, -0.2) is 0 Å². The van der Waals surface area contributed by atoms with Crippen molar-refractivity contribution in [3.63, 3.8) is 0 Å². The zero-order valence-electron chi connectivity index (χ0n) is 9.53. The lowest BCUT2D eigenvalue weighted by atomic mass is 10.1. The smallest absolute Gasteiger partial charge is 0.0594 e. The first-order chi connectivity index (χ1) is 7.34. The van der Waals surface area contributed by atoms with Crippen molar-refractivity contribution >= 4 is 0 Å². The Morgan fingerprint density at radius 1 is 0.933 bits per heavy atom. The highest BCUT2D eigenvalue weighted by Gasteiger charge is 2.17. The van der Waals surface area contributed by atoms with Crippen molar-refractivity contribution in [2.75, 3.05) is 52.5 Å². The first-order valence-electron chi connectivity index (χ1n) is 6.12. The van der Waals surface area contributed by atoms with Crippen molar-refractivity contribution in [2.24, 2.45) is 5.73 Å². The van der Waals surface area contributed by atoms with Crippen LogP contribution in [0.3, 0.4) is 0 Å². The van der Waals surface area contributed by atoms with Gasteiger partial charge in [0.1, 0.15) is 0 Å². The predicted octanol–water partition coefficient (Wildman–Crippen LogP) is -0.258. The van der Waals surface area contributed by atoms with Crippen molar-refractivity contribution in [3.05, 3.63) is 0 Å². The largest absolute Gasteiger partial charge is 0.379 e. The van der Waals surface area contributed by atoms with Crippen LogP contribution in [0.4, 0.5) is 0 Å². The third kappa shape index (κ3) is 3.72. The second-order valence-electron chi connectivity index (χ2n) is 4.63. The second kappa shape index (κ2) is 5.80. The average Bonchev–Trinajstić information content (AvgIpc) is 2.30. The highest BCUT2D eigenvalue weighted by Crippen LogP contribution is 2.08. The van der Waals surface area contributed by atoms with E-state index in [9.17, 15) is 0 Å². The van der Waals surface area contributed by atoms with Crippen molar-refractivity contribution in [1.29, 1.82) is 0 Å². The summed E-state index contributed by atoms with van der Waals surface area (Å²) >= 11 is 0. The minimum Gasteiger partial charge on any atom is -0.379 e. The molecule has 0 aromatic carbocycles. The van der Waals surface area contributed by atoms with E-state index >= 15 is 0 Å². The molecular weight excluding hydrogens is 190 g/mol. The molecule has 2 saturated heterocycles. The summed E-state index contributed by atoms with van der Waals surface area (Å²) in [6.07, 6.45) is 2.34. The molecule has 0 bridgehead atoms. The number of hydrogen-bond donors (Lipinski definition) is 1. The van der Waals surface area contributed by atoms with Gasteiger partial charge in [0, 0.05) is 32.2 Å². The van der Waals surface area contributed by atoms with Crippen molar-refractivity contribution < 1.29 is 4.74 Å². The molecular formula is C11H23N3O. The van der Waals surface area contributed by atoms with Gasteiger partial charge < -0.3 is 15.4 Å². The number of nitrogens with zero attached hydrogens (tertiary/aromatic N) is 2. The maximum absolute atomic E-state index is 5.88. The van der Waals surface area contributed by atoms with Crippen LogP contribution in [0.1, 0.15) is 12.8 Å². The minimum atomic E-state index is 0.449. The first kappa shape index (κ1) is 11.3. The van der Waals surface area contributed by atoms with E-state index in [0.29, 0.717) is 6.04 Å². The maximum atomic E-state index is 5.88. The second-order valence-corrected chi connectivity index (χ2v) is 4.63. The van der Waals surface area contributed by atoms with E-state index in [2.05, 4.69) is 9.80 Å². The van der Waals surface area contributed by atoms with Gasteiger partial charge in [0.05, 0.1) is 13.2 Å². The molecule has 15 heavy (non-hydrogen) atoms. The minimum absolute atomic E-state index is 0.449. The van der Waals surface area contributed by atoms with E-state index in [0.717, 1.165) is 26.3 Å². The normalized spacial score (nSPS) is 27.0. The molecule has 0 unspecified atom stereocenters. The number of piperidine rings is 1. The molecule has 88 valence electrons. The number of nitrogens with two attached hydrogens (primary N) is 1. The third-order valence-corrected chi connectivity index (χ3v) is 3.47. The van der Waals surface area contributed by atoms with Crippen LogP contribution in [-0.2, 0) is 4.74 Å². The molecule has 2 aliphatic heterocycles. The number of likely N-dealkylation sites (tertiary alicyclic amines) is 1. The molecule has 2 rings (SSSR count). The summed E-state index contributed by atoms with van der Waals surface area (Å²) in [7, 11) is 0. The van der Waals surface area contributed by atoms with Crippen LogP contribution in [0.5, 0.6) is 0 Å². The van der Waals surface area contributed by atoms with Gasteiger partial charge in [0.25, 0.3) is 0 Å². The Bertz CT molecular complexity index is 175. The van der Waals surface area contributed by atoms with E-state index in [1.165, 1.54) is 39.0 Å². The van der Waals surface area contributed by atoms with Gasteiger partial charge in [-0.3, -0.25) is 4.90 Å². The topological polar surface area (TPSA) is 41.7 Å². The number of ether oxygens (including phenoxy) is 1. The molecule has 0 aromatic rings. The zero-order valence-corrected chi connectivity index (χ0v) is 9.53. The standard InChI is InChI=1S/C11H23N3O/c12-11-1-3-13(4-2-11)5-6-14-7-9-15-10-8-14/h11H,1-10,12H2. The molecule has 0 aliphatic carbocycles. The molecule has 0 amide bonds. The molecule has 4 heteroatoms. The van der Waals surface area contributed by atoms with Gasteiger partial charge >= 0.3 is 0 Å². The van der Waals surface area contributed by atoms with Crippen LogP contribution in [0, 0.1) is 0 Å². The molecule has 2 N–H and O–H groups in total. The van der Waals surface area contributed by atoms with Crippen LogP contribution >= 0.6 is 0 Å². The Balaban J connectivity index is 1.60. The van der Waals surface area contributed by atoms with Crippen LogP contribution in [0.15, 0.2) is 0 Å². The summed E-state index contributed by atoms with van der Waals surface area (Å²) in [4.78, 5) is 5.04. The maximum Gasteiger partial charge on any atom is 0.0594 e. The van der Waals surface area contributed by atoms with E-state index in [1.807, 2.05) is 0 Å². The predicted molar refractivity (Wildman–Crippen MR) is 60.9 cm³/mol. The average molecular weight is 213 g/mol. The van der Waals surface area contributed by atoms with Crippen LogP contribution in [0.25, 0.3) is 0 Å². The van der Waals surface area contributed by atoms with E-state index in [-0.39, 0.29) is 0 Å². The van der Waals surface area contributed by atoms with Gasteiger partial charge in [-0.1, -0.05) is 0 Å². The molecule has 0 aromatic heterocycles. The summed E-state index contributed by atoms with van der Waals surface area (Å²) in [5, 5.41) is 0. The fourth-order valence-corrected chi connectivity index (χ4v) is 2.28. The van der Waals surface area contributed by atoms with Crippen LogP contribution in [0.2, 0.25) is 0 Å². The van der Waals surface area contributed by atoms with E-state index in [4.69, 9.17) is 10.5 Å². The molecule has 2 heterocycles. The fourth-order valence-electron chi connectivity index (χ4n) is 2.28. The van der Waals surface area contributed by atoms with Crippen molar-refractivity contribution in [1.82, 2.24) is 9.80 Å². The summed E-state index contributed by atoms with van der Waals surface area (Å²) in [5.74, 6) is 0. The van der Waals surface area contributed by atoms with Crippen molar-refractivity contribution in [2.45, 2.75) is 18.9 Å². The molecule has 4 nitrogen and oxygen atoms in total. The summed E-state index contributed by atoms with van der Waals surface area (Å²) in [6.45, 7) is 8.79. The first-order valence-corrected chi connectivity index (χ1v) is 6.12. The van der Waals surface area contributed by atoms with Gasteiger partial charge in [-0.15, -0.1) is 0 Å². The SMILES string of the molecule is NC1CCN(CCN2CCOCC2)CC1. The summed E-state index contributed by atoms with van der Waals surface area (Å²) < 4.78 is 5.33. The Kier molecular flexibility index (Phi) is 4.38. The Morgan fingerprint density at radius 3 is 2.07 bits per heavy atom. The Morgan fingerprint density at radius 2 is 1.47 bits per heavy atom. The quantitative estimate of drug-likeness (QED) is 0.701. The molecule has 0 spiro atoms. The molecule has 0 atom stereocenters.